The summed E-state index contributed by atoms with van der Waals surface area (Å²) >= 11 is 0. The van der Waals surface area contributed by atoms with E-state index < -0.39 is 11.6 Å². The molecular formula is C16H16F2N2O. The summed E-state index contributed by atoms with van der Waals surface area (Å²) in [5.74, 6) is -2.03. The maximum atomic E-state index is 13.1. The molecule has 0 aromatic heterocycles. The maximum absolute atomic E-state index is 13.1. The number of rotatable bonds is 4. The van der Waals surface area contributed by atoms with Crippen molar-refractivity contribution in [3.05, 3.63) is 65.2 Å². The molecule has 2 rings (SSSR count). The van der Waals surface area contributed by atoms with Gasteiger partial charge in [-0.3, -0.25) is 4.79 Å². The zero-order valence-corrected chi connectivity index (χ0v) is 11.6. The lowest BCUT2D eigenvalue weighted by Crippen LogP contribution is -2.27. The van der Waals surface area contributed by atoms with E-state index in [9.17, 15) is 13.6 Å². The van der Waals surface area contributed by atoms with Gasteiger partial charge in [-0.2, -0.15) is 0 Å². The fraction of sp³-hybridized carbons (Fsp3) is 0.188. The van der Waals surface area contributed by atoms with Crippen LogP contribution in [0.15, 0.2) is 42.5 Å². The van der Waals surface area contributed by atoms with Gasteiger partial charge in [0.15, 0.2) is 11.6 Å². The molecule has 0 fully saturated rings. The summed E-state index contributed by atoms with van der Waals surface area (Å²) in [5.41, 5.74) is 7.66. The van der Waals surface area contributed by atoms with E-state index in [-0.39, 0.29) is 12.3 Å². The number of amides is 1. The zero-order chi connectivity index (χ0) is 15.4. The average molecular weight is 290 g/mol. The van der Waals surface area contributed by atoms with Crippen molar-refractivity contribution in [3.8, 4) is 0 Å². The summed E-state index contributed by atoms with van der Waals surface area (Å²) in [6.45, 7) is 0.433. The maximum Gasteiger partial charge on any atom is 0.227 e. The van der Waals surface area contributed by atoms with Crippen LogP contribution in [0.25, 0.3) is 0 Å². The molecule has 0 aliphatic rings. The summed E-state index contributed by atoms with van der Waals surface area (Å²) < 4.78 is 25.9. The molecule has 5 heteroatoms. The van der Waals surface area contributed by atoms with E-state index in [0.29, 0.717) is 17.8 Å². The van der Waals surface area contributed by atoms with Gasteiger partial charge in [0.25, 0.3) is 0 Å². The number of hydrogen-bond donors (Lipinski definition) is 1. The van der Waals surface area contributed by atoms with Gasteiger partial charge in [0.2, 0.25) is 5.91 Å². The number of nitrogen functional groups attached to an aromatic ring is 1. The molecule has 2 aromatic carbocycles. The fourth-order valence-corrected chi connectivity index (χ4v) is 1.94. The number of nitrogens with two attached hydrogens (primary N) is 1. The molecule has 0 aliphatic carbocycles. The van der Waals surface area contributed by atoms with Crippen molar-refractivity contribution in [2.24, 2.45) is 0 Å². The summed E-state index contributed by atoms with van der Waals surface area (Å²) in [6, 6.07) is 10.7. The average Bonchev–Trinajstić information content (AvgIpc) is 2.45. The summed E-state index contributed by atoms with van der Waals surface area (Å²) in [4.78, 5) is 13.6. The first-order chi connectivity index (χ1) is 9.95. The van der Waals surface area contributed by atoms with E-state index in [0.717, 1.165) is 17.7 Å². The number of halogens is 2. The molecule has 3 nitrogen and oxygen atoms in total. The molecule has 2 N–H and O–H groups in total. The number of benzene rings is 2. The van der Waals surface area contributed by atoms with Crippen LogP contribution < -0.4 is 5.73 Å². The Morgan fingerprint density at radius 3 is 2.29 bits per heavy atom. The van der Waals surface area contributed by atoms with E-state index in [2.05, 4.69) is 0 Å². The van der Waals surface area contributed by atoms with Crippen LogP contribution in [0.2, 0.25) is 0 Å². The summed E-state index contributed by atoms with van der Waals surface area (Å²) in [7, 11) is 1.67. The number of carbonyl (C=O) groups excluding carboxylic acids is 1. The molecule has 0 radical (unpaired) electrons. The van der Waals surface area contributed by atoms with Gasteiger partial charge in [-0.25, -0.2) is 8.78 Å². The molecule has 0 spiro atoms. The Morgan fingerprint density at radius 1 is 1.05 bits per heavy atom. The van der Waals surface area contributed by atoms with Crippen LogP contribution in [0.4, 0.5) is 14.5 Å². The SMILES string of the molecule is CN(Cc1ccc(N)cc1)C(=O)Cc1ccc(F)c(F)c1. The molecule has 2 aromatic rings. The number of hydrogen-bond acceptors (Lipinski definition) is 2. The minimum Gasteiger partial charge on any atom is -0.399 e. The van der Waals surface area contributed by atoms with Gasteiger partial charge in [0.1, 0.15) is 0 Å². The lowest BCUT2D eigenvalue weighted by atomic mass is 10.1. The molecule has 110 valence electrons. The van der Waals surface area contributed by atoms with Crippen LogP contribution in [0.3, 0.4) is 0 Å². The highest BCUT2D eigenvalue weighted by Gasteiger charge is 2.12. The van der Waals surface area contributed by atoms with E-state index >= 15 is 0 Å². The van der Waals surface area contributed by atoms with Gasteiger partial charge in [0.05, 0.1) is 6.42 Å². The second-order valence-corrected chi connectivity index (χ2v) is 4.92. The van der Waals surface area contributed by atoms with Crippen LogP contribution in [-0.2, 0) is 17.8 Å². The molecule has 0 heterocycles. The Labute approximate surface area is 122 Å². The Bertz CT molecular complexity index is 641. The third-order valence-corrected chi connectivity index (χ3v) is 3.16. The Balaban J connectivity index is 1.98. The van der Waals surface area contributed by atoms with Gasteiger partial charge in [-0.05, 0) is 35.4 Å². The van der Waals surface area contributed by atoms with Gasteiger partial charge >= 0.3 is 0 Å². The molecular weight excluding hydrogens is 274 g/mol. The van der Waals surface area contributed by atoms with Gasteiger partial charge < -0.3 is 10.6 Å². The van der Waals surface area contributed by atoms with Gasteiger partial charge in [-0.1, -0.05) is 18.2 Å². The number of anilines is 1. The topological polar surface area (TPSA) is 46.3 Å². The lowest BCUT2D eigenvalue weighted by molar-refractivity contribution is -0.129. The first-order valence-electron chi connectivity index (χ1n) is 6.48. The first-order valence-corrected chi connectivity index (χ1v) is 6.48. The number of nitrogens with zero attached hydrogens (tertiary/aromatic N) is 1. The number of likely N-dealkylation sites (N-methyl/N-ethyl adjacent to an activating group) is 1. The van der Waals surface area contributed by atoms with Crippen molar-refractivity contribution in [2.45, 2.75) is 13.0 Å². The molecule has 0 bridgehead atoms. The van der Waals surface area contributed by atoms with Crippen molar-refractivity contribution in [2.75, 3.05) is 12.8 Å². The zero-order valence-electron chi connectivity index (χ0n) is 11.6. The third-order valence-electron chi connectivity index (χ3n) is 3.16. The van der Waals surface area contributed by atoms with Crippen molar-refractivity contribution in [1.29, 1.82) is 0 Å². The van der Waals surface area contributed by atoms with Crippen molar-refractivity contribution in [1.82, 2.24) is 4.90 Å². The summed E-state index contributed by atoms with van der Waals surface area (Å²) in [5, 5.41) is 0. The smallest absolute Gasteiger partial charge is 0.227 e. The lowest BCUT2D eigenvalue weighted by Gasteiger charge is -2.17. The van der Waals surface area contributed by atoms with E-state index in [1.807, 2.05) is 12.1 Å². The molecule has 21 heavy (non-hydrogen) atoms. The highest BCUT2D eigenvalue weighted by atomic mass is 19.2. The molecule has 0 saturated carbocycles. The Kier molecular flexibility index (Phi) is 4.52. The van der Waals surface area contributed by atoms with E-state index in [1.54, 1.807) is 19.2 Å². The molecule has 0 unspecified atom stereocenters. The second kappa shape index (κ2) is 6.35. The summed E-state index contributed by atoms with van der Waals surface area (Å²) in [6.07, 6.45) is 0.0304. The van der Waals surface area contributed by atoms with Crippen LogP contribution in [0, 0.1) is 11.6 Å². The standard InChI is InChI=1S/C16H16F2N2O/c1-20(10-11-2-5-13(19)6-3-11)16(21)9-12-4-7-14(17)15(18)8-12/h2-8H,9-10,19H2,1H3. The normalized spacial score (nSPS) is 10.4. The van der Waals surface area contributed by atoms with Gasteiger partial charge in [-0.15, -0.1) is 0 Å². The van der Waals surface area contributed by atoms with Crippen LogP contribution >= 0.6 is 0 Å². The van der Waals surface area contributed by atoms with E-state index in [1.165, 1.54) is 11.0 Å². The van der Waals surface area contributed by atoms with Crippen LogP contribution in [0.5, 0.6) is 0 Å². The predicted molar refractivity (Wildman–Crippen MR) is 77.4 cm³/mol. The Hall–Kier alpha value is -2.43. The van der Waals surface area contributed by atoms with Crippen molar-refractivity contribution >= 4 is 11.6 Å². The molecule has 1 amide bonds. The largest absolute Gasteiger partial charge is 0.399 e. The van der Waals surface area contributed by atoms with E-state index in [4.69, 9.17) is 5.73 Å². The number of carbonyl (C=O) groups is 1. The molecule has 0 saturated heterocycles. The third kappa shape index (κ3) is 4.02. The second-order valence-electron chi connectivity index (χ2n) is 4.92. The van der Waals surface area contributed by atoms with Crippen molar-refractivity contribution < 1.29 is 13.6 Å². The molecule has 0 aliphatic heterocycles. The first kappa shape index (κ1) is 15.0. The Morgan fingerprint density at radius 2 is 1.67 bits per heavy atom. The molecule has 0 atom stereocenters. The minimum absolute atomic E-state index is 0.0304. The van der Waals surface area contributed by atoms with Crippen molar-refractivity contribution in [3.63, 3.8) is 0 Å². The highest BCUT2D eigenvalue weighted by Crippen LogP contribution is 2.12. The monoisotopic (exact) mass is 290 g/mol. The minimum atomic E-state index is -0.943. The van der Waals surface area contributed by atoms with Crippen LogP contribution in [-0.4, -0.2) is 17.9 Å². The highest BCUT2D eigenvalue weighted by molar-refractivity contribution is 5.78. The quantitative estimate of drug-likeness (QED) is 0.880. The van der Waals surface area contributed by atoms with Gasteiger partial charge in [0, 0.05) is 19.3 Å². The van der Waals surface area contributed by atoms with Crippen LogP contribution in [0.1, 0.15) is 11.1 Å². The fourth-order valence-electron chi connectivity index (χ4n) is 1.94. The predicted octanol–water partition coefficient (Wildman–Crippen LogP) is 2.75.